The molecular weight excluding hydrogens is 386 g/mol. The van der Waals surface area contributed by atoms with Gasteiger partial charge in [0.1, 0.15) is 0 Å². The number of primary amides is 1. The summed E-state index contributed by atoms with van der Waals surface area (Å²) in [5.74, 6) is 0.287. The second-order valence-electron chi connectivity index (χ2n) is 7.64. The number of benzene rings is 1. The Morgan fingerprint density at radius 1 is 1.17 bits per heavy atom. The fraction of sp³-hybridized carbons (Fsp3) is 0.400. The van der Waals surface area contributed by atoms with Gasteiger partial charge in [0.2, 0.25) is 11.9 Å². The van der Waals surface area contributed by atoms with Crippen LogP contribution in [0.4, 0.5) is 5.95 Å². The van der Waals surface area contributed by atoms with Crippen molar-refractivity contribution in [2.24, 2.45) is 12.8 Å². The maximum absolute atomic E-state index is 12.7. The summed E-state index contributed by atoms with van der Waals surface area (Å²) in [6.07, 6.45) is 0. The normalized spacial score (nSPS) is 15.1. The molecular formula is C20H25N7O3. The van der Waals surface area contributed by atoms with Gasteiger partial charge in [0.15, 0.2) is 11.2 Å². The van der Waals surface area contributed by atoms with Crippen LogP contribution in [-0.2, 0) is 18.4 Å². The molecule has 10 nitrogen and oxygen atoms in total. The van der Waals surface area contributed by atoms with Gasteiger partial charge in [-0.05, 0) is 18.1 Å². The second-order valence-corrected chi connectivity index (χ2v) is 7.64. The van der Waals surface area contributed by atoms with Crippen molar-refractivity contribution in [3.8, 4) is 0 Å². The molecule has 1 aromatic carbocycles. The predicted octanol–water partition coefficient (Wildman–Crippen LogP) is -0.613. The number of nitrogens with two attached hydrogens (primary N) is 1. The van der Waals surface area contributed by atoms with E-state index in [0.29, 0.717) is 49.8 Å². The molecule has 1 amide bonds. The van der Waals surface area contributed by atoms with Crippen LogP contribution in [0.3, 0.4) is 0 Å². The summed E-state index contributed by atoms with van der Waals surface area (Å²) in [5, 5.41) is 0. The molecule has 0 saturated carbocycles. The maximum Gasteiger partial charge on any atom is 0.329 e. The molecule has 30 heavy (non-hydrogen) atoms. The van der Waals surface area contributed by atoms with E-state index >= 15 is 0 Å². The van der Waals surface area contributed by atoms with Crippen LogP contribution in [0, 0.1) is 6.92 Å². The molecule has 0 bridgehead atoms. The third-order valence-electron chi connectivity index (χ3n) is 5.61. The van der Waals surface area contributed by atoms with E-state index in [1.54, 1.807) is 7.05 Å². The minimum absolute atomic E-state index is 0.224. The molecule has 1 aliphatic rings. The highest BCUT2D eigenvalue weighted by Crippen LogP contribution is 2.23. The number of carbonyl (C=O) groups is 1. The number of hydrogen-bond acceptors (Lipinski definition) is 6. The molecule has 2 aromatic heterocycles. The van der Waals surface area contributed by atoms with Gasteiger partial charge in [-0.3, -0.25) is 28.6 Å². The lowest BCUT2D eigenvalue weighted by atomic mass is 10.1. The molecule has 0 atom stereocenters. The summed E-state index contributed by atoms with van der Waals surface area (Å²) >= 11 is 0. The van der Waals surface area contributed by atoms with Crippen LogP contribution in [0.25, 0.3) is 11.2 Å². The highest BCUT2D eigenvalue weighted by atomic mass is 16.2. The molecule has 0 radical (unpaired) electrons. The zero-order chi connectivity index (χ0) is 21.4. The van der Waals surface area contributed by atoms with Crippen LogP contribution in [0.15, 0.2) is 33.9 Å². The quantitative estimate of drug-likeness (QED) is 0.577. The molecule has 3 N–H and O–H groups in total. The highest BCUT2D eigenvalue weighted by molar-refractivity contribution is 5.76. The monoisotopic (exact) mass is 411 g/mol. The molecule has 0 aliphatic carbocycles. The summed E-state index contributed by atoms with van der Waals surface area (Å²) < 4.78 is 3.23. The molecule has 158 valence electrons. The van der Waals surface area contributed by atoms with Crippen molar-refractivity contribution < 1.29 is 4.79 Å². The minimum atomic E-state index is -0.495. The van der Waals surface area contributed by atoms with Gasteiger partial charge in [-0.2, -0.15) is 4.98 Å². The van der Waals surface area contributed by atoms with Gasteiger partial charge in [0.25, 0.3) is 5.56 Å². The number of carbonyl (C=O) groups excluding carboxylic acids is 1. The molecule has 0 unspecified atom stereocenters. The van der Waals surface area contributed by atoms with Gasteiger partial charge >= 0.3 is 5.69 Å². The SMILES string of the molecule is Cc1ccccc1Cn1c(N2CCN(CC(N)=O)CC2)nc2c1c(=O)[nH]c(=O)n2C. The average molecular weight is 411 g/mol. The number of aromatic amines is 1. The van der Waals surface area contributed by atoms with E-state index in [0.717, 1.165) is 11.1 Å². The van der Waals surface area contributed by atoms with E-state index in [2.05, 4.69) is 9.88 Å². The first kappa shape index (κ1) is 19.9. The zero-order valence-corrected chi connectivity index (χ0v) is 17.1. The van der Waals surface area contributed by atoms with Gasteiger partial charge in [-0.25, -0.2) is 4.79 Å². The highest BCUT2D eigenvalue weighted by Gasteiger charge is 2.25. The number of nitrogens with zero attached hydrogens (tertiary/aromatic N) is 5. The number of nitrogens with one attached hydrogen (secondary N) is 1. The van der Waals surface area contributed by atoms with E-state index < -0.39 is 11.2 Å². The second kappa shape index (κ2) is 7.79. The fourth-order valence-electron chi connectivity index (χ4n) is 3.90. The number of H-pyrrole nitrogens is 1. The third-order valence-corrected chi connectivity index (χ3v) is 5.61. The minimum Gasteiger partial charge on any atom is -0.369 e. The summed E-state index contributed by atoms with van der Waals surface area (Å²) in [7, 11) is 1.60. The summed E-state index contributed by atoms with van der Waals surface area (Å²) in [6.45, 7) is 5.30. The number of rotatable bonds is 5. The van der Waals surface area contributed by atoms with E-state index in [1.165, 1.54) is 4.57 Å². The van der Waals surface area contributed by atoms with Crippen LogP contribution in [0.5, 0.6) is 0 Å². The number of piperazine rings is 1. The van der Waals surface area contributed by atoms with Crippen LogP contribution in [0.1, 0.15) is 11.1 Å². The van der Waals surface area contributed by atoms with Crippen LogP contribution < -0.4 is 21.9 Å². The Morgan fingerprint density at radius 2 is 1.87 bits per heavy atom. The van der Waals surface area contributed by atoms with Crippen molar-refractivity contribution in [3.05, 3.63) is 56.2 Å². The maximum atomic E-state index is 12.7. The first-order chi connectivity index (χ1) is 14.3. The van der Waals surface area contributed by atoms with Gasteiger partial charge in [0.05, 0.1) is 13.1 Å². The number of aromatic nitrogens is 4. The molecule has 1 fully saturated rings. The van der Waals surface area contributed by atoms with E-state index in [9.17, 15) is 14.4 Å². The standard InChI is InChI=1S/C20H25N7O3/c1-13-5-3-4-6-14(13)11-27-16-17(24(2)20(30)23-18(16)29)22-19(27)26-9-7-25(8-10-26)12-15(21)28/h3-6H,7-12H2,1-2H3,(H2,21,28)(H,23,29,30). The number of aryl methyl sites for hydroxylation is 2. The molecule has 3 aromatic rings. The van der Waals surface area contributed by atoms with Crippen molar-refractivity contribution in [1.82, 2.24) is 24.0 Å². The zero-order valence-electron chi connectivity index (χ0n) is 17.1. The van der Waals surface area contributed by atoms with Crippen molar-refractivity contribution in [3.63, 3.8) is 0 Å². The molecule has 1 saturated heterocycles. The number of amides is 1. The van der Waals surface area contributed by atoms with Crippen molar-refractivity contribution in [2.75, 3.05) is 37.6 Å². The topological polar surface area (TPSA) is 122 Å². The van der Waals surface area contributed by atoms with E-state index in [4.69, 9.17) is 10.7 Å². The average Bonchev–Trinajstić information content (AvgIpc) is 3.08. The third kappa shape index (κ3) is 3.61. The van der Waals surface area contributed by atoms with Crippen molar-refractivity contribution >= 4 is 23.0 Å². The van der Waals surface area contributed by atoms with Crippen molar-refractivity contribution in [2.45, 2.75) is 13.5 Å². The Balaban J connectivity index is 1.79. The van der Waals surface area contributed by atoms with Crippen LogP contribution in [-0.4, -0.2) is 62.6 Å². The molecule has 3 heterocycles. The number of imidazole rings is 1. The first-order valence-electron chi connectivity index (χ1n) is 9.85. The first-order valence-corrected chi connectivity index (χ1v) is 9.85. The molecule has 4 rings (SSSR count). The Hall–Kier alpha value is -3.40. The molecule has 1 aliphatic heterocycles. The Bertz CT molecular complexity index is 1220. The van der Waals surface area contributed by atoms with Crippen molar-refractivity contribution in [1.29, 1.82) is 0 Å². The smallest absolute Gasteiger partial charge is 0.329 e. The van der Waals surface area contributed by atoms with Crippen LogP contribution >= 0.6 is 0 Å². The van der Waals surface area contributed by atoms with E-state index in [-0.39, 0.29) is 12.5 Å². The lowest BCUT2D eigenvalue weighted by Gasteiger charge is -2.34. The summed E-state index contributed by atoms with van der Waals surface area (Å²) in [5.41, 5.74) is 7.27. The van der Waals surface area contributed by atoms with Crippen LogP contribution in [0.2, 0.25) is 0 Å². The lowest BCUT2D eigenvalue weighted by molar-refractivity contribution is -0.119. The largest absolute Gasteiger partial charge is 0.369 e. The fourth-order valence-corrected chi connectivity index (χ4v) is 3.90. The number of anilines is 1. The van der Waals surface area contributed by atoms with Gasteiger partial charge in [0, 0.05) is 33.2 Å². The summed E-state index contributed by atoms with van der Waals surface area (Å²) in [4.78, 5) is 47.2. The lowest BCUT2D eigenvalue weighted by Crippen LogP contribution is -2.49. The number of fused-ring (bicyclic) bond motifs is 1. The Morgan fingerprint density at radius 3 is 2.53 bits per heavy atom. The number of hydrogen-bond donors (Lipinski definition) is 2. The van der Waals surface area contributed by atoms with Gasteiger partial charge in [-0.15, -0.1) is 0 Å². The molecule has 0 spiro atoms. The van der Waals surface area contributed by atoms with Gasteiger partial charge < -0.3 is 10.6 Å². The Labute approximate surface area is 172 Å². The molecule has 10 heteroatoms. The van der Waals surface area contributed by atoms with Gasteiger partial charge in [-0.1, -0.05) is 24.3 Å². The predicted molar refractivity (Wildman–Crippen MR) is 114 cm³/mol. The van der Waals surface area contributed by atoms with E-state index in [1.807, 2.05) is 40.7 Å². The summed E-state index contributed by atoms with van der Waals surface area (Å²) in [6, 6.07) is 7.98. The Kier molecular flexibility index (Phi) is 5.17.